The molecule has 0 aromatic rings. The molecule has 148 valence electrons. The van der Waals surface area contributed by atoms with Crippen molar-refractivity contribution in [1.82, 2.24) is 15.8 Å². The Balaban J connectivity index is 1.77. The van der Waals surface area contributed by atoms with E-state index in [-0.39, 0.29) is 18.7 Å². The summed E-state index contributed by atoms with van der Waals surface area (Å²) in [5.74, 6) is -6.58. The van der Waals surface area contributed by atoms with Gasteiger partial charge in [0.25, 0.3) is 6.43 Å². The van der Waals surface area contributed by atoms with Crippen LogP contribution in [0.2, 0.25) is 0 Å². The highest BCUT2D eigenvalue weighted by Crippen LogP contribution is 2.53. The average molecular weight is 387 g/mol. The van der Waals surface area contributed by atoms with Crippen molar-refractivity contribution < 1.29 is 35.9 Å². The van der Waals surface area contributed by atoms with Gasteiger partial charge in [-0.05, 0) is 17.4 Å². The molecule has 0 bridgehead atoms. The van der Waals surface area contributed by atoms with Gasteiger partial charge in [0.2, 0.25) is 11.8 Å². The van der Waals surface area contributed by atoms with Crippen LogP contribution in [-0.2, 0) is 4.74 Å². The number of nitrogens with zero attached hydrogens (tertiary/aromatic N) is 1. The number of halogens is 6. The van der Waals surface area contributed by atoms with E-state index in [4.69, 9.17) is 0 Å². The molecule has 0 radical (unpaired) electrons. The minimum Gasteiger partial charge on any atom is -0.443 e. The van der Waals surface area contributed by atoms with Gasteiger partial charge in [-0.15, -0.1) is 0 Å². The number of hydrogen-bond donors (Lipinski definition) is 2. The van der Waals surface area contributed by atoms with Crippen LogP contribution in [0, 0.1) is 11.8 Å². The second-order valence-electron chi connectivity index (χ2n) is 7.07. The Morgan fingerprint density at radius 1 is 1.23 bits per heavy atom. The summed E-state index contributed by atoms with van der Waals surface area (Å²) in [6, 6.07) is -0.619. The van der Waals surface area contributed by atoms with Gasteiger partial charge in [0.1, 0.15) is 5.82 Å². The number of ether oxygens (including phenoxy) is 1. The Morgan fingerprint density at radius 2 is 1.81 bits per heavy atom. The first kappa shape index (κ1) is 19.1. The van der Waals surface area contributed by atoms with Gasteiger partial charge in [0.05, 0.1) is 6.04 Å². The summed E-state index contributed by atoms with van der Waals surface area (Å²) >= 11 is 0. The van der Waals surface area contributed by atoms with Crippen LogP contribution in [0.3, 0.4) is 0 Å². The van der Waals surface area contributed by atoms with Crippen molar-refractivity contribution in [3.63, 3.8) is 0 Å². The van der Waals surface area contributed by atoms with Crippen molar-refractivity contribution in [2.75, 3.05) is 13.7 Å². The molecule has 3 rings (SSSR count). The Bertz CT molecular complexity index is 596. The Labute approximate surface area is 145 Å². The predicted octanol–water partition coefficient (Wildman–Crippen LogP) is 3.10. The van der Waals surface area contributed by atoms with Crippen LogP contribution in [0.1, 0.15) is 25.7 Å². The van der Waals surface area contributed by atoms with E-state index in [1.54, 1.807) is 0 Å². The quantitative estimate of drug-likeness (QED) is 0.712. The molecule has 26 heavy (non-hydrogen) atoms. The normalized spacial score (nSPS) is 28.2. The molecule has 2 aliphatic carbocycles. The fourth-order valence-electron chi connectivity index (χ4n) is 3.74. The molecule has 1 atom stereocenters. The highest BCUT2D eigenvalue weighted by atomic mass is 19.3. The first-order chi connectivity index (χ1) is 12.0. The number of nitrogens with one attached hydrogen (secondary N) is 2. The third-order valence-corrected chi connectivity index (χ3v) is 4.96. The molecule has 1 aliphatic heterocycles. The lowest BCUT2D eigenvalue weighted by molar-refractivity contribution is -0.124. The van der Waals surface area contributed by atoms with Crippen molar-refractivity contribution in [1.29, 1.82) is 0 Å². The van der Waals surface area contributed by atoms with Gasteiger partial charge in [-0.1, -0.05) is 0 Å². The largest absolute Gasteiger partial charge is 0.443 e. The molecule has 2 fully saturated rings. The lowest BCUT2D eigenvalue weighted by Gasteiger charge is -2.43. The third-order valence-electron chi connectivity index (χ3n) is 4.96. The van der Waals surface area contributed by atoms with Crippen LogP contribution in [0.25, 0.3) is 0 Å². The van der Waals surface area contributed by atoms with Gasteiger partial charge in [0.15, 0.2) is 6.61 Å². The van der Waals surface area contributed by atoms with E-state index in [1.165, 1.54) is 12.1 Å². The van der Waals surface area contributed by atoms with Gasteiger partial charge in [-0.25, -0.2) is 36.6 Å². The predicted molar refractivity (Wildman–Crippen MR) is 77.5 cm³/mol. The van der Waals surface area contributed by atoms with Crippen LogP contribution in [0.15, 0.2) is 11.4 Å². The second-order valence-corrected chi connectivity index (χ2v) is 7.07. The first-order valence-electron chi connectivity index (χ1n) is 8.19. The molecule has 3 aliphatic rings. The molecule has 2 saturated carbocycles. The molecule has 0 aromatic carbocycles. The minimum absolute atomic E-state index is 0.102. The molecule has 11 heteroatoms. The lowest BCUT2D eigenvalue weighted by Crippen LogP contribution is -2.51. The molecule has 0 aromatic heterocycles. The fraction of sp³-hybridized carbons (Fsp3) is 0.800. The van der Waals surface area contributed by atoms with Crippen molar-refractivity contribution in [2.45, 2.75) is 50.0 Å². The number of carbonyl (C=O) groups excluding carboxylic acids is 1. The van der Waals surface area contributed by atoms with Crippen molar-refractivity contribution in [3.8, 4) is 0 Å². The molecular weight excluding hydrogens is 368 g/mol. The average Bonchev–Trinajstić information content (AvgIpc) is 2.76. The summed E-state index contributed by atoms with van der Waals surface area (Å²) in [5.41, 5.74) is 3.30. The standard InChI is InChI=1S/C15H19F6N3O2/c1-24-12(22-13(25)26-6-9(16)17)10(7-2-14(18,19)3-7)11(23-24)8-4-15(20,21)5-8/h7-9,11,23H,2-6H2,1H3,(H,22,25). The van der Waals surface area contributed by atoms with E-state index in [2.05, 4.69) is 15.5 Å². The zero-order valence-corrected chi connectivity index (χ0v) is 13.9. The number of rotatable bonds is 5. The van der Waals surface area contributed by atoms with Crippen LogP contribution in [-0.4, -0.2) is 49.1 Å². The van der Waals surface area contributed by atoms with E-state index in [0.29, 0.717) is 5.57 Å². The monoisotopic (exact) mass is 387 g/mol. The molecule has 2 N–H and O–H groups in total. The number of alkyl halides is 6. The zero-order chi connectivity index (χ0) is 19.3. The summed E-state index contributed by atoms with van der Waals surface area (Å²) in [4.78, 5) is 11.7. The number of hydrazine groups is 1. The smallest absolute Gasteiger partial charge is 0.412 e. The second kappa shape index (κ2) is 6.50. The molecular formula is C15H19F6N3O2. The maximum Gasteiger partial charge on any atom is 0.412 e. The fourth-order valence-corrected chi connectivity index (χ4v) is 3.74. The van der Waals surface area contributed by atoms with Crippen LogP contribution < -0.4 is 10.7 Å². The van der Waals surface area contributed by atoms with Gasteiger partial charge in [-0.2, -0.15) is 0 Å². The van der Waals surface area contributed by atoms with E-state index in [1.807, 2.05) is 0 Å². The number of amides is 1. The third kappa shape index (κ3) is 3.86. The van der Waals surface area contributed by atoms with E-state index in [0.717, 1.165) is 0 Å². The number of hydrogen-bond acceptors (Lipinski definition) is 4. The van der Waals surface area contributed by atoms with Crippen LogP contribution >= 0.6 is 0 Å². The zero-order valence-electron chi connectivity index (χ0n) is 13.9. The Kier molecular flexibility index (Phi) is 4.78. The highest BCUT2D eigenvalue weighted by Gasteiger charge is 2.56. The van der Waals surface area contributed by atoms with Gasteiger partial charge in [0, 0.05) is 32.7 Å². The minimum atomic E-state index is -2.84. The first-order valence-corrected chi connectivity index (χ1v) is 8.19. The summed E-state index contributed by atoms with van der Waals surface area (Å²) in [6.07, 6.45) is -5.66. The summed E-state index contributed by atoms with van der Waals surface area (Å²) < 4.78 is 81.7. The molecule has 1 amide bonds. The topological polar surface area (TPSA) is 53.6 Å². The number of carbonyl (C=O) groups is 1. The van der Waals surface area contributed by atoms with Crippen molar-refractivity contribution >= 4 is 6.09 Å². The summed E-state index contributed by atoms with van der Waals surface area (Å²) in [6.45, 7) is -1.11. The molecule has 5 nitrogen and oxygen atoms in total. The molecule has 0 spiro atoms. The SMILES string of the molecule is CN1NC(C2CC(F)(F)C2)C(C2CC(F)(F)C2)=C1NC(=O)OCC(F)F. The summed E-state index contributed by atoms with van der Waals surface area (Å²) in [5, 5.41) is 3.61. The molecule has 0 saturated heterocycles. The van der Waals surface area contributed by atoms with Crippen LogP contribution in [0.5, 0.6) is 0 Å². The van der Waals surface area contributed by atoms with Gasteiger partial charge in [-0.3, -0.25) is 10.3 Å². The highest BCUT2D eigenvalue weighted by molar-refractivity contribution is 5.70. The van der Waals surface area contributed by atoms with Gasteiger partial charge >= 0.3 is 6.09 Å². The molecule has 1 heterocycles. The maximum atomic E-state index is 13.3. The lowest BCUT2D eigenvalue weighted by atomic mass is 9.67. The van der Waals surface area contributed by atoms with E-state index in [9.17, 15) is 31.1 Å². The van der Waals surface area contributed by atoms with E-state index < -0.39 is 61.7 Å². The Morgan fingerprint density at radius 3 is 2.31 bits per heavy atom. The van der Waals surface area contributed by atoms with E-state index >= 15 is 0 Å². The Hall–Kier alpha value is -1.65. The van der Waals surface area contributed by atoms with Crippen molar-refractivity contribution in [3.05, 3.63) is 11.4 Å². The number of alkyl carbamates (subject to hydrolysis) is 1. The van der Waals surface area contributed by atoms with Gasteiger partial charge < -0.3 is 4.74 Å². The van der Waals surface area contributed by atoms with Crippen molar-refractivity contribution in [2.24, 2.45) is 11.8 Å². The summed E-state index contributed by atoms with van der Waals surface area (Å²) in [7, 11) is 1.48. The van der Waals surface area contributed by atoms with Crippen LogP contribution in [0.4, 0.5) is 31.1 Å². The molecule has 1 unspecified atom stereocenters. The maximum absolute atomic E-state index is 13.3.